The van der Waals surface area contributed by atoms with Gasteiger partial charge in [0.1, 0.15) is 5.75 Å². The Labute approximate surface area is 125 Å². The van der Waals surface area contributed by atoms with E-state index in [1.165, 1.54) is 0 Å². The van der Waals surface area contributed by atoms with Crippen molar-refractivity contribution in [1.29, 1.82) is 0 Å². The molecule has 0 atom stereocenters. The third-order valence-corrected chi connectivity index (χ3v) is 4.22. The van der Waals surface area contributed by atoms with Crippen LogP contribution in [0.4, 0.5) is 0 Å². The van der Waals surface area contributed by atoms with E-state index in [0.717, 1.165) is 48.7 Å². The molecule has 0 aliphatic carbocycles. The second-order valence-corrected chi connectivity index (χ2v) is 6.09. The number of hydrogen-bond acceptors (Lipinski definition) is 2. The second-order valence-electron chi connectivity index (χ2n) is 5.66. The second kappa shape index (κ2) is 6.49. The van der Waals surface area contributed by atoms with Gasteiger partial charge < -0.3 is 9.64 Å². The van der Waals surface area contributed by atoms with Gasteiger partial charge in [-0.15, -0.1) is 0 Å². The zero-order chi connectivity index (χ0) is 14.7. The molecule has 1 aliphatic heterocycles. The van der Waals surface area contributed by atoms with Crippen LogP contribution in [0.3, 0.4) is 0 Å². The van der Waals surface area contributed by atoms with Crippen molar-refractivity contribution in [2.24, 2.45) is 5.92 Å². The standard InChI is InChI=1S/C16H22ClNO2/c1-11-4-6-18(7-5-11)15(19)10-13-9-14(17)8-12(2)16(13)20-3/h8-9,11H,4-7,10H2,1-3H3. The van der Waals surface area contributed by atoms with E-state index in [1.54, 1.807) is 7.11 Å². The Balaban J connectivity index is 2.11. The predicted molar refractivity (Wildman–Crippen MR) is 81.4 cm³/mol. The molecule has 4 heteroatoms. The number of piperidine rings is 1. The topological polar surface area (TPSA) is 29.5 Å². The highest BCUT2D eigenvalue weighted by molar-refractivity contribution is 6.30. The monoisotopic (exact) mass is 295 g/mol. The number of likely N-dealkylation sites (tertiary alicyclic amines) is 1. The first-order chi connectivity index (χ1) is 9.51. The summed E-state index contributed by atoms with van der Waals surface area (Å²) < 4.78 is 5.41. The van der Waals surface area contributed by atoms with Crippen molar-refractivity contribution in [3.8, 4) is 5.75 Å². The largest absolute Gasteiger partial charge is 0.496 e. The number of hydrogen-bond donors (Lipinski definition) is 0. The summed E-state index contributed by atoms with van der Waals surface area (Å²) in [5.74, 6) is 1.66. The van der Waals surface area contributed by atoms with Gasteiger partial charge in [-0.25, -0.2) is 0 Å². The lowest BCUT2D eigenvalue weighted by Gasteiger charge is -2.30. The van der Waals surface area contributed by atoms with Crippen molar-refractivity contribution in [2.75, 3.05) is 20.2 Å². The normalized spacial score (nSPS) is 16.3. The van der Waals surface area contributed by atoms with Crippen LogP contribution in [0, 0.1) is 12.8 Å². The molecule has 0 aromatic heterocycles. The Hall–Kier alpha value is -1.22. The lowest BCUT2D eigenvalue weighted by Crippen LogP contribution is -2.38. The number of halogens is 1. The number of aryl methyl sites for hydroxylation is 1. The van der Waals surface area contributed by atoms with Gasteiger partial charge in [0.05, 0.1) is 13.5 Å². The number of nitrogens with zero attached hydrogens (tertiary/aromatic N) is 1. The van der Waals surface area contributed by atoms with Gasteiger partial charge in [-0.1, -0.05) is 18.5 Å². The van der Waals surface area contributed by atoms with E-state index in [9.17, 15) is 4.79 Å². The van der Waals surface area contributed by atoms with Crippen molar-refractivity contribution in [1.82, 2.24) is 4.90 Å². The SMILES string of the molecule is COc1c(C)cc(Cl)cc1CC(=O)N1CCC(C)CC1. The van der Waals surface area contributed by atoms with Gasteiger partial charge in [-0.05, 0) is 43.4 Å². The van der Waals surface area contributed by atoms with Gasteiger partial charge >= 0.3 is 0 Å². The number of carbonyl (C=O) groups excluding carboxylic acids is 1. The molecule has 0 radical (unpaired) electrons. The van der Waals surface area contributed by atoms with Crippen molar-refractivity contribution in [2.45, 2.75) is 33.1 Å². The van der Waals surface area contributed by atoms with Gasteiger partial charge in [0.15, 0.2) is 0 Å². The minimum Gasteiger partial charge on any atom is -0.496 e. The zero-order valence-corrected chi connectivity index (χ0v) is 13.2. The molecule has 1 fully saturated rings. The highest BCUT2D eigenvalue weighted by atomic mass is 35.5. The summed E-state index contributed by atoms with van der Waals surface area (Å²) in [6, 6.07) is 3.69. The smallest absolute Gasteiger partial charge is 0.227 e. The van der Waals surface area contributed by atoms with Crippen molar-refractivity contribution in [3.63, 3.8) is 0 Å². The molecule has 0 spiro atoms. The molecule has 0 unspecified atom stereocenters. The molecule has 110 valence electrons. The minimum atomic E-state index is 0.164. The van der Waals surface area contributed by atoms with Crippen LogP contribution in [0.15, 0.2) is 12.1 Å². The zero-order valence-electron chi connectivity index (χ0n) is 12.4. The predicted octanol–water partition coefficient (Wildman–Crippen LogP) is 3.46. The van der Waals surface area contributed by atoms with E-state index in [4.69, 9.17) is 16.3 Å². The summed E-state index contributed by atoms with van der Waals surface area (Å²) in [5.41, 5.74) is 1.84. The molecule has 3 nitrogen and oxygen atoms in total. The van der Waals surface area contributed by atoms with Crippen LogP contribution in [0.5, 0.6) is 5.75 Å². The molecule has 0 saturated carbocycles. The maximum absolute atomic E-state index is 12.4. The van der Waals surface area contributed by atoms with Crippen molar-refractivity contribution >= 4 is 17.5 Å². The van der Waals surface area contributed by atoms with Crippen LogP contribution in [0.2, 0.25) is 5.02 Å². The fraction of sp³-hybridized carbons (Fsp3) is 0.562. The lowest BCUT2D eigenvalue weighted by molar-refractivity contribution is -0.131. The van der Waals surface area contributed by atoms with Gasteiger partial charge in [0, 0.05) is 23.7 Å². The van der Waals surface area contributed by atoms with Gasteiger partial charge in [0.25, 0.3) is 0 Å². The molecule has 0 N–H and O–H groups in total. The summed E-state index contributed by atoms with van der Waals surface area (Å²) in [4.78, 5) is 14.3. The summed E-state index contributed by atoms with van der Waals surface area (Å²) >= 11 is 6.09. The Morgan fingerprint density at radius 1 is 1.40 bits per heavy atom. The van der Waals surface area contributed by atoms with E-state index in [-0.39, 0.29) is 5.91 Å². The maximum atomic E-state index is 12.4. The molecule has 1 saturated heterocycles. The fourth-order valence-electron chi connectivity index (χ4n) is 2.76. The Kier molecular flexibility index (Phi) is 4.92. The molecular weight excluding hydrogens is 274 g/mol. The highest BCUT2D eigenvalue weighted by Crippen LogP contribution is 2.28. The van der Waals surface area contributed by atoms with Gasteiger partial charge in [-0.3, -0.25) is 4.79 Å². The number of methoxy groups -OCH3 is 1. The summed E-state index contributed by atoms with van der Waals surface area (Å²) in [6.07, 6.45) is 2.55. The van der Waals surface area contributed by atoms with Gasteiger partial charge in [-0.2, -0.15) is 0 Å². The first-order valence-electron chi connectivity index (χ1n) is 7.12. The Bertz CT molecular complexity index is 493. The molecule has 20 heavy (non-hydrogen) atoms. The Morgan fingerprint density at radius 3 is 2.65 bits per heavy atom. The molecule has 1 heterocycles. The lowest BCUT2D eigenvalue weighted by atomic mass is 9.98. The average molecular weight is 296 g/mol. The van der Waals surface area contributed by atoms with E-state index in [0.29, 0.717) is 11.4 Å². The van der Waals surface area contributed by atoms with Crippen LogP contribution in [0.25, 0.3) is 0 Å². The fourth-order valence-corrected chi connectivity index (χ4v) is 3.05. The Morgan fingerprint density at radius 2 is 2.05 bits per heavy atom. The van der Waals surface area contributed by atoms with Gasteiger partial charge in [0.2, 0.25) is 5.91 Å². The van der Waals surface area contributed by atoms with E-state index < -0.39 is 0 Å². The molecule has 0 bridgehead atoms. The van der Waals surface area contributed by atoms with Crippen LogP contribution < -0.4 is 4.74 Å². The number of carbonyl (C=O) groups is 1. The third-order valence-electron chi connectivity index (χ3n) is 4.00. The molecule has 1 aliphatic rings. The molecule has 1 aromatic carbocycles. The van der Waals surface area contributed by atoms with Crippen molar-refractivity contribution < 1.29 is 9.53 Å². The van der Waals surface area contributed by atoms with Crippen molar-refractivity contribution in [3.05, 3.63) is 28.3 Å². The van der Waals surface area contributed by atoms with E-state index >= 15 is 0 Å². The van der Waals surface area contributed by atoms with Crippen LogP contribution in [-0.2, 0) is 11.2 Å². The highest BCUT2D eigenvalue weighted by Gasteiger charge is 2.21. The quantitative estimate of drug-likeness (QED) is 0.855. The van der Waals surface area contributed by atoms with Crippen LogP contribution >= 0.6 is 11.6 Å². The first-order valence-corrected chi connectivity index (χ1v) is 7.50. The van der Waals surface area contributed by atoms with E-state index in [2.05, 4.69) is 6.92 Å². The number of amides is 1. The molecule has 1 aromatic rings. The maximum Gasteiger partial charge on any atom is 0.227 e. The first kappa shape index (κ1) is 15.2. The van der Waals surface area contributed by atoms with Crippen LogP contribution in [-0.4, -0.2) is 31.0 Å². The number of ether oxygens (including phenoxy) is 1. The van der Waals surface area contributed by atoms with E-state index in [1.807, 2.05) is 24.0 Å². The summed E-state index contributed by atoms with van der Waals surface area (Å²) in [6.45, 7) is 5.91. The van der Waals surface area contributed by atoms with Crippen LogP contribution in [0.1, 0.15) is 30.9 Å². The number of benzene rings is 1. The minimum absolute atomic E-state index is 0.164. The average Bonchev–Trinajstić information content (AvgIpc) is 2.39. The third kappa shape index (κ3) is 3.45. The molecular formula is C16H22ClNO2. The molecule has 1 amide bonds. The number of rotatable bonds is 3. The summed E-state index contributed by atoms with van der Waals surface area (Å²) in [7, 11) is 1.63. The molecule has 2 rings (SSSR count). The summed E-state index contributed by atoms with van der Waals surface area (Å²) in [5, 5.41) is 0.651.